The van der Waals surface area contributed by atoms with E-state index in [2.05, 4.69) is 49.6 Å². The van der Waals surface area contributed by atoms with Gasteiger partial charge in [-0.1, -0.05) is 13.8 Å². The van der Waals surface area contributed by atoms with Gasteiger partial charge >= 0.3 is 0 Å². The van der Waals surface area contributed by atoms with Crippen molar-refractivity contribution in [2.24, 2.45) is 0 Å². The second kappa shape index (κ2) is 10.4. The second-order valence-electron chi connectivity index (χ2n) is 7.92. The van der Waals surface area contributed by atoms with Gasteiger partial charge < -0.3 is 16.0 Å². The van der Waals surface area contributed by atoms with E-state index in [-0.39, 0.29) is 0 Å². The van der Waals surface area contributed by atoms with E-state index in [4.69, 9.17) is 5.41 Å². The van der Waals surface area contributed by atoms with Crippen molar-refractivity contribution < 1.29 is 0 Å². The molecule has 0 atom stereocenters. The van der Waals surface area contributed by atoms with Crippen LogP contribution in [-0.4, -0.2) is 37.9 Å². The van der Waals surface area contributed by atoms with Crippen molar-refractivity contribution in [1.29, 1.82) is 5.41 Å². The van der Waals surface area contributed by atoms with Gasteiger partial charge in [0.1, 0.15) is 5.82 Å². The number of nitrogens with zero attached hydrogens (tertiary/aromatic N) is 5. The van der Waals surface area contributed by atoms with Crippen LogP contribution in [0.4, 0.5) is 11.6 Å². The molecule has 0 aliphatic carbocycles. The van der Waals surface area contributed by atoms with Crippen LogP contribution in [0, 0.1) is 5.41 Å². The maximum absolute atomic E-state index is 7.83. The lowest BCUT2D eigenvalue weighted by molar-refractivity contribution is 0.833. The van der Waals surface area contributed by atoms with Gasteiger partial charge in [-0.15, -0.1) is 5.10 Å². The molecule has 0 aliphatic rings. The normalized spacial score (nSPS) is 11.5. The predicted molar refractivity (Wildman–Crippen MR) is 132 cm³/mol. The number of allylic oxidation sites excluding steroid dienone is 1. The first-order valence-corrected chi connectivity index (χ1v) is 10.8. The molecule has 0 saturated heterocycles. The highest BCUT2D eigenvalue weighted by atomic mass is 15.2. The summed E-state index contributed by atoms with van der Waals surface area (Å²) in [6.45, 7) is 4.99. The predicted octanol–water partition coefficient (Wildman–Crippen LogP) is 4.50. The molecule has 4 rings (SSSR count). The van der Waals surface area contributed by atoms with Gasteiger partial charge in [-0.2, -0.15) is 5.10 Å². The average molecular weight is 439 g/mol. The van der Waals surface area contributed by atoms with E-state index >= 15 is 0 Å². The van der Waals surface area contributed by atoms with E-state index in [0.717, 1.165) is 40.7 Å². The van der Waals surface area contributed by atoms with E-state index in [0.29, 0.717) is 17.6 Å². The summed E-state index contributed by atoms with van der Waals surface area (Å²) in [6.07, 6.45) is 11.1. The van der Waals surface area contributed by atoms with Gasteiger partial charge in [0.15, 0.2) is 5.82 Å². The monoisotopic (exact) mass is 438 g/mol. The van der Waals surface area contributed by atoms with Crippen LogP contribution in [0.2, 0.25) is 0 Å². The minimum absolute atomic E-state index is 0.363. The number of anilines is 2. The summed E-state index contributed by atoms with van der Waals surface area (Å²) in [5.74, 6) is 1.67. The molecule has 0 amide bonds. The van der Waals surface area contributed by atoms with Gasteiger partial charge in [0.2, 0.25) is 0 Å². The van der Waals surface area contributed by atoms with Gasteiger partial charge in [-0.3, -0.25) is 9.97 Å². The lowest BCUT2D eigenvalue weighted by atomic mass is 10.1. The molecule has 166 valence electrons. The third-order valence-corrected chi connectivity index (χ3v) is 5.19. The molecule has 4 heterocycles. The maximum Gasteiger partial charge on any atom is 0.154 e. The summed E-state index contributed by atoms with van der Waals surface area (Å²) >= 11 is 0. The smallest absolute Gasteiger partial charge is 0.154 e. The second-order valence-corrected chi connectivity index (χ2v) is 7.92. The van der Waals surface area contributed by atoms with E-state index in [9.17, 15) is 0 Å². The Labute approximate surface area is 192 Å². The first kappa shape index (κ1) is 22.0. The fraction of sp³-hybridized carbons (Fsp3) is 0.200. The molecule has 33 heavy (non-hydrogen) atoms. The van der Waals surface area contributed by atoms with E-state index in [1.54, 1.807) is 24.8 Å². The number of pyridine rings is 3. The molecular weight excluding hydrogens is 412 g/mol. The minimum Gasteiger partial charge on any atom is -0.390 e. The summed E-state index contributed by atoms with van der Waals surface area (Å²) < 4.78 is 0. The Kier molecular flexibility index (Phi) is 6.94. The minimum atomic E-state index is 0.363. The summed E-state index contributed by atoms with van der Waals surface area (Å²) in [7, 11) is 0. The Morgan fingerprint density at radius 3 is 2.67 bits per heavy atom. The lowest BCUT2D eigenvalue weighted by Crippen LogP contribution is -2.11. The Morgan fingerprint density at radius 2 is 1.88 bits per heavy atom. The Bertz CT molecular complexity index is 1270. The Balaban J connectivity index is 1.49. The van der Waals surface area contributed by atoms with Crippen LogP contribution in [-0.2, 0) is 6.42 Å². The third-order valence-electron chi connectivity index (χ3n) is 5.19. The highest BCUT2D eigenvalue weighted by Gasteiger charge is 2.07. The van der Waals surface area contributed by atoms with Crippen LogP contribution in [0.3, 0.4) is 0 Å². The van der Waals surface area contributed by atoms with Crippen molar-refractivity contribution in [3.63, 3.8) is 0 Å². The Hall–Kier alpha value is -4.20. The van der Waals surface area contributed by atoms with Crippen molar-refractivity contribution in [2.75, 3.05) is 11.9 Å². The number of fused-ring (bicyclic) bond motifs is 1. The van der Waals surface area contributed by atoms with Crippen LogP contribution < -0.4 is 10.6 Å². The third kappa shape index (κ3) is 5.74. The molecule has 3 N–H and O–H groups in total. The van der Waals surface area contributed by atoms with Crippen LogP contribution in [0.25, 0.3) is 16.6 Å². The number of nitrogens with one attached hydrogen (secondary N) is 3. The molecule has 0 bridgehead atoms. The van der Waals surface area contributed by atoms with Gasteiger partial charge in [-0.05, 0) is 59.9 Å². The van der Waals surface area contributed by atoms with Gasteiger partial charge in [-0.25, -0.2) is 4.98 Å². The molecule has 0 fully saturated rings. The van der Waals surface area contributed by atoms with E-state index in [1.807, 2.05) is 42.6 Å². The molecule has 4 aromatic heterocycles. The van der Waals surface area contributed by atoms with E-state index < -0.39 is 0 Å². The van der Waals surface area contributed by atoms with Crippen molar-refractivity contribution in [2.45, 2.75) is 26.2 Å². The van der Waals surface area contributed by atoms with Crippen LogP contribution in [0.5, 0.6) is 0 Å². The zero-order chi connectivity index (χ0) is 23.0. The molecule has 0 unspecified atom stereocenters. The topological polar surface area (TPSA) is 112 Å². The van der Waals surface area contributed by atoms with Crippen molar-refractivity contribution in [3.05, 3.63) is 84.1 Å². The highest BCUT2D eigenvalue weighted by molar-refractivity contribution is 6.08. The first-order chi connectivity index (χ1) is 16.1. The molecule has 0 aromatic carbocycles. The molecule has 0 saturated carbocycles. The molecule has 0 radical (unpaired) electrons. The molecule has 4 aromatic rings. The van der Waals surface area contributed by atoms with Crippen LogP contribution in [0.1, 0.15) is 36.5 Å². The van der Waals surface area contributed by atoms with Gasteiger partial charge in [0.05, 0.1) is 17.2 Å². The number of rotatable bonds is 9. The molecule has 8 heteroatoms. The molecular formula is C25H26N8. The van der Waals surface area contributed by atoms with Crippen molar-refractivity contribution >= 4 is 34.5 Å². The van der Waals surface area contributed by atoms with Crippen LogP contribution >= 0.6 is 0 Å². The lowest BCUT2D eigenvalue weighted by Gasteiger charge is -2.09. The number of hydrogen-bond donors (Lipinski definition) is 3. The highest BCUT2D eigenvalue weighted by Crippen LogP contribution is 2.21. The summed E-state index contributed by atoms with van der Waals surface area (Å²) in [4.78, 5) is 13.2. The first-order valence-electron chi connectivity index (χ1n) is 10.8. The summed E-state index contributed by atoms with van der Waals surface area (Å²) in [5.41, 5.74) is 5.38. The molecule has 8 nitrogen and oxygen atoms in total. The van der Waals surface area contributed by atoms with Gasteiger partial charge in [0.25, 0.3) is 0 Å². The standard InChI is InChI=1S/C25H26N8/c1-17(2)19-12-25(33-30-16-19)32-24-4-3-22-23(31-24)11-20(15-29-22)21(13-26)14-28-10-7-18-5-8-27-9-6-18/h3-6,8-9,11-17,26,28H,7,10H2,1-2H3,(H,31,32,33)/b21-14+,26-13?. The van der Waals surface area contributed by atoms with Crippen molar-refractivity contribution in [1.82, 2.24) is 30.5 Å². The summed E-state index contributed by atoms with van der Waals surface area (Å²) in [6, 6.07) is 11.7. The zero-order valence-electron chi connectivity index (χ0n) is 18.7. The molecule has 0 aliphatic heterocycles. The number of hydrogen-bond acceptors (Lipinski definition) is 8. The Morgan fingerprint density at radius 1 is 1.03 bits per heavy atom. The fourth-order valence-electron chi connectivity index (χ4n) is 3.28. The average Bonchev–Trinajstić information content (AvgIpc) is 2.84. The summed E-state index contributed by atoms with van der Waals surface area (Å²) in [5, 5.41) is 22.6. The molecule has 0 spiro atoms. The largest absolute Gasteiger partial charge is 0.390 e. The van der Waals surface area contributed by atoms with Gasteiger partial charge in [0, 0.05) is 48.7 Å². The SMILES string of the molecule is CC(C)c1cnnc(Nc2ccc3ncc(/C(C=N)=C/NCCc4ccncc4)cc3n2)c1. The number of aromatic nitrogens is 5. The zero-order valence-corrected chi connectivity index (χ0v) is 18.7. The van der Waals surface area contributed by atoms with Crippen molar-refractivity contribution in [3.8, 4) is 0 Å². The fourth-order valence-corrected chi connectivity index (χ4v) is 3.28. The maximum atomic E-state index is 7.83. The quantitative estimate of drug-likeness (QED) is 0.260. The van der Waals surface area contributed by atoms with Crippen LogP contribution in [0.15, 0.2) is 67.4 Å². The van der Waals surface area contributed by atoms with E-state index in [1.165, 1.54) is 11.8 Å².